The molecule has 3 heteroatoms. The smallest absolute Gasteiger partial charge is 0.161 e. The molecule has 12 heavy (non-hydrogen) atoms. The van der Waals surface area contributed by atoms with Crippen LogP contribution < -0.4 is 5.32 Å². The molecule has 0 bridgehead atoms. The molecule has 0 aromatic carbocycles. The minimum atomic E-state index is -0.209. The van der Waals surface area contributed by atoms with Crippen molar-refractivity contribution in [1.29, 1.82) is 0 Å². The fourth-order valence-electron chi connectivity index (χ4n) is 1.25. The minimum absolute atomic E-state index is 0.209. The monoisotopic (exact) mass is 189 g/mol. The minimum Gasteiger partial charge on any atom is -0.427 e. The highest BCUT2D eigenvalue weighted by Gasteiger charge is 2.15. The van der Waals surface area contributed by atoms with E-state index in [9.17, 15) is 0 Å². The lowest BCUT2D eigenvalue weighted by molar-refractivity contribution is 0.325. The second-order valence-electron chi connectivity index (χ2n) is 4.04. The molecule has 0 amide bonds. The van der Waals surface area contributed by atoms with Crippen molar-refractivity contribution in [3.8, 4) is 0 Å². The summed E-state index contributed by atoms with van der Waals surface area (Å²) in [5, 5.41) is 3.39. The summed E-state index contributed by atoms with van der Waals surface area (Å²) in [7, 11) is 1.61. The Balaban J connectivity index is 3.42. The van der Waals surface area contributed by atoms with Gasteiger partial charge in [-0.25, -0.2) is 0 Å². The first-order valence-electron chi connectivity index (χ1n) is 4.82. The molecule has 0 spiro atoms. The first-order chi connectivity index (χ1) is 5.62. The topological polar surface area (TPSA) is 21.3 Å². The van der Waals surface area contributed by atoms with Crippen molar-refractivity contribution in [2.45, 2.75) is 33.2 Å². The molecule has 0 aromatic heterocycles. The summed E-state index contributed by atoms with van der Waals surface area (Å²) in [5.41, 5.74) is 0.446. The van der Waals surface area contributed by atoms with Crippen LogP contribution in [0.4, 0.5) is 0 Å². The second-order valence-corrected chi connectivity index (χ2v) is 5.73. The van der Waals surface area contributed by atoms with E-state index >= 15 is 0 Å². The molecule has 0 atom stereocenters. The van der Waals surface area contributed by atoms with Gasteiger partial charge in [-0.2, -0.15) is 0 Å². The molecule has 0 radical (unpaired) electrons. The van der Waals surface area contributed by atoms with Crippen LogP contribution in [-0.2, 0) is 4.43 Å². The molecule has 0 saturated heterocycles. The summed E-state index contributed by atoms with van der Waals surface area (Å²) in [6.45, 7) is 8.99. The molecule has 0 aromatic rings. The van der Waals surface area contributed by atoms with Crippen molar-refractivity contribution < 1.29 is 4.43 Å². The van der Waals surface area contributed by atoms with Gasteiger partial charge in [0.05, 0.1) is 0 Å². The zero-order chi connectivity index (χ0) is 9.45. The van der Waals surface area contributed by atoms with Crippen molar-refractivity contribution in [2.75, 3.05) is 20.2 Å². The van der Waals surface area contributed by atoms with Crippen LogP contribution in [0, 0.1) is 5.41 Å². The van der Waals surface area contributed by atoms with E-state index in [4.69, 9.17) is 4.43 Å². The van der Waals surface area contributed by atoms with Crippen molar-refractivity contribution in [3.05, 3.63) is 0 Å². The van der Waals surface area contributed by atoms with Crippen LogP contribution in [-0.4, -0.2) is 30.0 Å². The van der Waals surface area contributed by atoms with Gasteiger partial charge < -0.3 is 9.74 Å². The van der Waals surface area contributed by atoms with Crippen molar-refractivity contribution in [3.63, 3.8) is 0 Å². The van der Waals surface area contributed by atoms with Gasteiger partial charge in [0.1, 0.15) is 0 Å². The van der Waals surface area contributed by atoms with Crippen LogP contribution in [0.3, 0.4) is 0 Å². The largest absolute Gasteiger partial charge is 0.427 e. The van der Waals surface area contributed by atoms with Gasteiger partial charge in [-0.15, -0.1) is 0 Å². The van der Waals surface area contributed by atoms with E-state index in [1.54, 1.807) is 0 Å². The lowest BCUT2D eigenvalue weighted by Gasteiger charge is -2.24. The fourth-order valence-corrected chi connectivity index (χ4v) is 2.64. The summed E-state index contributed by atoms with van der Waals surface area (Å²) in [5.74, 6) is 0. The Bertz CT molecular complexity index is 107. The van der Waals surface area contributed by atoms with Gasteiger partial charge in [-0.05, 0) is 24.4 Å². The molecule has 0 rings (SSSR count). The van der Waals surface area contributed by atoms with E-state index in [-0.39, 0.29) is 9.76 Å². The zero-order valence-electron chi connectivity index (χ0n) is 8.94. The molecule has 1 N–H and O–H groups in total. The maximum atomic E-state index is 5.16. The van der Waals surface area contributed by atoms with Crippen LogP contribution in [0.15, 0.2) is 0 Å². The van der Waals surface area contributed by atoms with Gasteiger partial charge >= 0.3 is 0 Å². The van der Waals surface area contributed by atoms with Gasteiger partial charge in [0.25, 0.3) is 0 Å². The Kier molecular flexibility index (Phi) is 6.71. The predicted octanol–water partition coefficient (Wildman–Crippen LogP) is 1.16. The SMILES string of the molecule is CCNCC(C)(C)CC[SiH2]OC. The maximum absolute atomic E-state index is 5.16. The quantitative estimate of drug-likeness (QED) is 0.479. The molecule has 0 saturated carbocycles. The summed E-state index contributed by atoms with van der Waals surface area (Å²) >= 11 is 0. The molecule has 0 aliphatic carbocycles. The normalized spacial score (nSPS) is 13.0. The fraction of sp³-hybridized carbons (Fsp3) is 1.00. The molecule has 0 fully saturated rings. The summed E-state index contributed by atoms with van der Waals surface area (Å²) in [4.78, 5) is 0. The number of nitrogens with one attached hydrogen (secondary N) is 1. The predicted molar refractivity (Wildman–Crippen MR) is 57.3 cm³/mol. The average Bonchev–Trinajstić information content (AvgIpc) is 2.01. The number of rotatable bonds is 7. The Labute approximate surface area is 79.0 Å². The molecular weight excluding hydrogens is 166 g/mol. The van der Waals surface area contributed by atoms with Crippen LogP contribution in [0.2, 0.25) is 6.04 Å². The lowest BCUT2D eigenvalue weighted by atomic mass is 9.90. The van der Waals surface area contributed by atoms with E-state index in [1.165, 1.54) is 12.5 Å². The highest BCUT2D eigenvalue weighted by molar-refractivity contribution is 6.26. The van der Waals surface area contributed by atoms with E-state index < -0.39 is 0 Å². The summed E-state index contributed by atoms with van der Waals surface area (Å²) < 4.78 is 5.16. The lowest BCUT2D eigenvalue weighted by Crippen LogP contribution is -2.29. The molecule has 2 nitrogen and oxygen atoms in total. The maximum Gasteiger partial charge on any atom is 0.161 e. The van der Waals surface area contributed by atoms with Gasteiger partial charge in [0.15, 0.2) is 9.76 Å². The Morgan fingerprint density at radius 1 is 1.42 bits per heavy atom. The first-order valence-corrected chi connectivity index (χ1v) is 6.40. The van der Waals surface area contributed by atoms with Gasteiger partial charge in [0, 0.05) is 13.7 Å². The van der Waals surface area contributed by atoms with Crippen molar-refractivity contribution in [2.24, 2.45) is 5.41 Å². The van der Waals surface area contributed by atoms with E-state index in [0.717, 1.165) is 13.1 Å². The third-order valence-corrected chi connectivity index (χ3v) is 3.11. The molecule has 0 aliphatic heterocycles. The second kappa shape index (κ2) is 6.63. The Morgan fingerprint density at radius 2 is 2.08 bits per heavy atom. The molecule has 0 unspecified atom stereocenters. The highest BCUT2D eigenvalue weighted by Crippen LogP contribution is 2.20. The third-order valence-electron chi connectivity index (χ3n) is 2.06. The van der Waals surface area contributed by atoms with Gasteiger partial charge in [-0.1, -0.05) is 20.8 Å². The van der Waals surface area contributed by atoms with Crippen LogP contribution in [0.1, 0.15) is 27.2 Å². The molecule has 0 heterocycles. The van der Waals surface area contributed by atoms with Crippen LogP contribution >= 0.6 is 0 Å². The van der Waals surface area contributed by atoms with Crippen LogP contribution in [0.25, 0.3) is 0 Å². The standard InChI is InChI=1S/C9H23NOSi/c1-5-10-8-9(2,3)6-7-12-11-4/h10H,5-8,12H2,1-4H3. The van der Waals surface area contributed by atoms with Crippen molar-refractivity contribution >= 4 is 9.76 Å². The Morgan fingerprint density at radius 3 is 2.58 bits per heavy atom. The number of hydrogen-bond donors (Lipinski definition) is 1. The summed E-state index contributed by atoms with van der Waals surface area (Å²) in [6, 6.07) is 1.30. The highest BCUT2D eigenvalue weighted by atomic mass is 28.2. The Hall–Kier alpha value is 0.137. The van der Waals surface area contributed by atoms with Gasteiger partial charge in [0.2, 0.25) is 0 Å². The number of hydrogen-bond acceptors (Lipinski definition) is 2. The average molecular weight is 189 g/mol. The molecule has 0 aliphatic rings. The zero-order valence-corrected chi connectivity index (χ0v) is 10.4. The summed E-state index contributed by atoms with van der Waals surface area (Å²) in [6.07, 6.45) is 1.29. The van der Waals surface area contributed by atoms with E-state index in [0.29, 0.717) is 5.41 Å². The van der Waals surface area contributed by atoms with Crippen molar-refractivity contribution in [1.82, 2.24) is 5.32 Å². The first kappa shape index (κ1) is 12.1. The molecule has 74 valence electrons. The molecular formula is C9H23NOSi. The van der Waals surface area contributed by atoms with E-state index in [1.807, 2.05) is 7.11 Å². The van der Waals surface area contributed by atoms with E-state index in [2.05, 4.69) is 26.1 Å². The van der Waals surface area contributed by atoms with Gasteiger partial charge in [-0.3, -0.25) is 0 Å². The third kappa shape index (κ3) is 6.82. The van der Waals surface area contributed by atoms with Crippen LogP contribution in [0.5, 0.6) is 0 Å².